The predicted octanol–water partition coefficient (Wildman–Crippen LogP) is 5.01. The van der Waals surface area contributed by atoms with E-state index in [1.54, 1.807) is 0 Å². The van der Waals surface area contributed by atoms with Crippen LogP contribution in [0.2, 0.25) is 5.02 Å². The van der Waals surface area contributed by atoms with Gasteiger partial charge in [0, 0.05) is 28.3 Å². The third-order valence-corrected chi connectivity index (χ3v) is 9.53. The number of nitrogens with one attached hydrogen (secondary N) is 1. The highest BCUT2D eigenvalue weighted by molar-refractivity contribution is 7.92. The molecule has 2 unspecified atom stereocenters. The van der Waals surface area contributed by atoms with Gasteiger partial charge in [-0.1, -0.05) is 16.7 Å². The average Bonchev–Trinajstić information content (AvgIpc) is 3.09. The summed E-state index contributed by atoms with van der Waals surface area (Å²) >= 11 is 6.21. The fourth-order valence-corrected chi connectivity index (χ4v) is 8.12. The molecule has 2 N–H and O–H groups in total. The number of halogens is 4. The lowest BCUT2D eigenvalue weighted by atomic mass is 9.77. The van der Waals surface area contributed by atoms with Gasteiger partial charge in [-0.2, -0.15) is 0 Å². The lowest BCUT2D eigenvalue weighted by Gasteiger charge is -2.40. The van der Waals surface area contributed by atoms with Crippen LogP contribution in [0.1, 0.15) is 36.0 Å². The Balaban J connectivity index is 1.61. The molecule has 2 atom stereocenters. The van der Waals surface area contributed by atoms with Gasteiger partial charge in [-0.3, -0.25) is 4.79 Å². The van der Waals surface area contributed by atoms with Gasteiger partial charge in [-0.05, 0) is 61.2 Å². The molecule has 186 valence electrons. The first-order valence-corrected chi connectivity index (χ1v) is 12.6. The first-order chi connectivity index (χ1) is 16.4. The lowest BCUT2D eigenvalue weighted by molar-refractivity contribution is -0.0105. The van der Waals surface area contributed by atoms with E-state index in [0.29, 0.717) is 25.0 Å². The molecule has 13 heteroatoms. The van der Waals surface area contributed by atoms with Crippen LogP contribution in [0.25, 0.3) is 10.4 Å². The third-order valence-electron chi connectivity index (χ3n) is 6.65. The molecule has 2 aliphatic carbocycles. The van der Waals surface area contributed by atoms with Crippen LogP contribution in [-0.2, 0) is 9.84 Å². The Hall–Kier alpha value is -2.79. The molecule has 8 nitrogen and oxygen atoms in total. The molecule has 2 bridgehead atoms. The number of fused-ring (bicyclic) bond motifs is 2. The number of hydrogen-bond donors (Lipinski definition) is 2. The Kier molecular flexibility index (Phi) is 6.76. The van der Waals surface area contributed by atoms with Gasteiger partial charge >= 0.3 is 0 Å². The highest BCUT2D eigenvalue weighted by Gasteiger charge is 2.54. The number of carbonyl (C=O) groups is 1. The molecule has 0 aliphatic heterocycles. The SMILES string of the molecule is [N-]=[N+]=NCC1(O)CC2CCC(C1)C2S(=O)(=O)c1cc(C(=O)Nc2cc(F)c(F)c(F)c2)ccc1Cl. The number of rotatable bonds is 6. The number of sulfone groups is 1. The van der Waals surface area contributed by atoms with E-state index in [9.17, 15) is 31.5 Å². The number of carbonyl (C=O) groups excluding carboxylic acids is 1. The van der Waals surface area contributed by atoms with E-state index in [2.05, 4.69) is 15.3 Å². The molecule has 0 spiro atoms. The maximum Gasteiger partial charge on any atom is 0.255 e. The van der Waals surface area contributed by atoms with Crippen molar-refractivity contribution in [2.24, 2.45) is 17.0 Å². The molecule has 2 aromatic rings. The molecule has 0 saturated heterocycles. The standard InChI is InChI=1S/C22H20ClF3N4O4S/c23-15-4-3-11(21(31)29-14-6-16(24)19(26)17(25)7-14)5-18(15)35(33,34)20-12-1-2-13(20)9-22(32,8-12)10-28-30-27/h3-7,12-13,20,32H,1-2,8-10H2,(H,29,31). The van der Waals surface area contributed by atoms with Gasteiger partial charge < -0.3 is 10.4 Å². The highest BCUT2D eigenvalue weighted by atomic mass is 35.5. The molecule has 2 fully saturated rings. The summed E-state index contributed by atoms with van der Waals surface area (Å²) in [5.74, 6) is -6.33. The van der Waals surface area contributed by atoms with Crippen LogP contribution < -0.4 is 5.32 Å². The van der Waals surface area contributed by atoms with Gasteiger partial charge in [0.2, 0.25) is 0 Å². The lowest BCUT2D eigenvalue weighted by Crippen LogP contribution is -2.47. The van der Waals surface area contributed by atoms with E-state index in [4.69, 9.17) is 17.1 Å². The van der Waals surface area contributed by atoms with Gasteiger partial charge in [0.1, 0.15) is 0 Å². The number of nitrogens with zero attached hydrogens (tertiary/aromatic N) is 3. The van der Waals surface area contributed by atoms with Crippen molar-refractivity contribution in [2.45, 2.75) is 41.4 Å². The van der Waals surface area contributed by atoms with Gasteiger partial charge in [0.25, 0.3) is 5.91 Å². The van der Waals surface area contributed by atoms with Gasteiger partial charge in [-0.25, -0.2) is 21.6 Å². The second-order valence-corrected chi connectivity index (χ2v) is 11.5. The first-order valence-electron chi connectivity index (χ1n) is 10.7. The summed E-state index contributed by atoms with van der Waals surface area (Å²) in [6.45, 7) is -0.149. The van der Waals surface area contributed by atoms with E-state index < -0.39 is 55.9 Å². The Morgan fingerprint density at radius 2 is 1.77 bits per heavy atom. The number of anilines is 1. The normalized spacial score (nSPS) is 25.7. The van der Waals surface area contributed by atoms with Crippen LogP contribution in [0.15, 0.2) is 40.3 Å². The maximum atomic E-state index is 13.6. The van der Waals surface area contributed by atoms with Gasteiger partial charge in [-0.15, -0.1) is 0 Å². The van der Waals surface area contributed by atoms with Crippen LogP contribution in [0.5, 0.6) is 0 Å². The summed E-state index contributed by atoms with van der Waals surface area (Å²) < 4.78 is 67.4. The summed E-state index contributed by atoms with van der Waals surface area (Å²) in [5.41, 5.74) is 6.80. The smallest absolute Gasteiger partial charge is 0.255 e. The molecule has 4 rings (SSSR count). The fourth-order valence-electron chi connectivity index (χ4n) is 5.28. The average molecular weight is 529 g/mol. The zero-order chi connectivity index (χ0) is 25.5. The van der Waals surface area contributed by atoms with Crippen LogP contribution in [-0.4, -0.2) is 36.8 Å². The molecule has 2 aliphatic rings. The molecular weight excluding hydrogens is 509 g/mol. The molecule has 0 heterocycles. The Bertz CT molecular complexity index is 1310. The van der Waals surface area contributed by atoms with Crippen molar-refractivity contribution in [3.63, 3.8) is 0 Å². The van der Waals surface area contributed by atoms with E-state index in [1.165, 1.54) is 12.1 Å². The number of aliphatic hydroxyl groups is 1. The van der Waals surface area contributed by atoms with Crippen molar-refractivity contribution in [2.75, 3.05) is 11.9 Å². The van der Waals surface area contributed by atoms with Crippen molar-refractivity contribution in [3.05, 3.63) is 68.8 Å². The second kappa shape index (κ2) is 9.34. The van der Waals surface area contributed by atoms with E-state index in [1.807, 2.05) is 0 Å². The van der Waals surface area contributed by atoms with Crippen LogP contribution in [0.4, 0.5) is 18.9 Å². The largest absolute Gasteiger partial charge is 0.390 e. The third kappa shape index (κ3) is 4.84. The molecular formula is C22H20ClF3N4O4S. The van der Waals surface area contributed by atoms with Crippen molar-refractivity contribution in [1.29, 1.82) is 0 Å². The summed E-state index contributed by atoms with van der Waals surface area (Å²) in [5, 5.41) is 15.5. The maximum absolute atomic E-state index is 13.6. The molecule has 0 radical (unpaired) electrons. The monoisotopic (exact) mass is 528 g/mol. The zero-order valence-corrected chi connectivity index (χ0v) is 19.7. The Morgan fingerprint density at radius 3 is 2.34 bits per heavy atom. The molecule has 0 aromatic heterocycles. The number of benzene rings is 2. The van der Waals surface area contributed by atoms with Crippen molar-refractivity contribution < 1.29 is 31.5 Å². The minimum absolute atomic E-state index is 0.102. The second-order valence-electron chi connectivity index (χ2n) is 8.98. The van der Waals surface area contributed by atoms with Crippen molar-refractivity contribution in [3.8, 4) is 0 Å². The van der Waals surface area contributed by atoms with Crippen LogP contribution in [0, 0.1) is 29.3 Å². The highest BCUT2D eigenvalue weighted by Crippen LogP contribution is 2.51. The molecule has 2 aromatic carbocycles. The fraction of sp³-hybridized carbons (Fsp3) is 0.409. The number of azide groups is 1. The topological polar surface area (TPSA) is 132 Å². The summed E-state index contributed by atoms with van der Waals surface area (Å²) in [4.78, 5) is 15.1. The molecule has 2 saturated carbocycles. The minimum atomic E-state index is -4.04. The Labute approximate surface area is 203 Å². The summed E-state index contributed by atoms with van der Waals surface area (Å²) in [6.07, 6.45) is 1.41. The molecule has 35 heavy (non-hydrogen) atoms. The first kappa shape index (κ1) is 25.3. The van der Waals surface area contributed by atoms with Crippen LogP contribution in [0.3, 0.4) is 0 Å². The molecule has 1 amide bonds. The quantitative estimate of drug-likeness (QED) is 0.236. The summed E-state index contributed by atoms with van der Waals surface area (Å²) in [7, 11) is -4.04. The summed E-state index contributed by atoms with van der Waals surface area (Å²) in [6, 6.07) is 4.77. The van der Waals surface area contributed by atoms with Gasteiger partial charge in [0.15, 0.2) is 27.3 Å². The zero-order valence-electron chi connectivity index (χ0n) is 18.1. The van der Waals surface area contributed by atoms with Crippen molar-refractivity contribution in [1.82, 2.24) is 0 Å². The van der Waals surface area contributed by atoms with Crippen molar-refractivity contribution >= 4 is 33.0 Å². The van der Waals surface area contributed by atoms with E-state index in [-0.39, 0.29) is 40.6 Å². The minimum Gasteiger partial charge on any atom is -0.390 e. The van der Waals surface area contributed by atoms with E-state index in [0.717, 1.165) is 6.07 Å². The Morgan fingerprint density at radius 1 is 1.17 bits per heavy atom. The van der Waals surface area contributed by atoms with Crippen LogP contribution >= 0.6 is 11.6 Å². The van der Waals surface area contributed by atoms with Gasteiger partial charge in [0.05, 0.1) is 27.3 Å². The number of amides is 1. The predicted molar refractivity (Wildman–Crippen MR) is 121 cm³/mol. The van der Waals surface area contributed by atoms with E-state index >= 15 is 0 Å². The number of hydrogen-bond acceptors (Lipinski definition) is 5.